The summed E-state index contributed by atoms with van der Waals surface area (Å²) in [6.07, 6.45) is 4.69. The quantitative estimate of drug-likeness (QED) is 0.473. The van der Waals surface area contributed by atoms with E-state index in [4.69, 9.17) is 9.47 Å². The maximum Gasteiger partial charge on any atom is 0.349 e. The molecular formula is C22H32ClNO4. The summed E-state index contributed by atoms with van der Waals surface area (Å²) in [7, 11) is 0. The highest BCUT2D eigenvalue weighted by atomic mass is 35.5. The highest BCUT2D eigenvalue weighted by molar-refractivity contribution is 5.85. The molecule has 1 saturated carbocycles. The zero-order valence-corrected chi connectivity index (χ0v) is 17.9. The van der Waals surface area contributed by atoms with Gasteiger partial charge in [0.05, 0.1) is 6.54 Å². The van der Waals surface area contributed by atoms with Gasteiger partial charge in [-0.05, 0) is 67.7 Å². The molecule has 2 aliphatic rings. The summed E-state index contributed by atoms with van der Waals surface area (Å²) in [6, 6.07) is 6.10. The van der Waals surface area contributed by atoms with Gasteiger partial charge in [-0.15, -0.1) is 12.4 Å². The van der Waals surface area contributed by atoms with Crippen LogP contribution in [0.15, 0.2) is 18.2 Å². The minimum absolute atomic E-state index is 0. The van der Waals surface area contributed by atoms with Crippen molar-refractivity contribution in [2.24, 2.45) is 5.92 Å². The van der Waals surface area contributed by atoms with Gasteiger partial charge in [0, 0.05) is 0 Å². The van der Waals surface area contributed by atoms with Crippen molar-refractivity contribution < 1.29 is 19.1 Å². The second-order valence-corrected chi connectivity index (χ2v) is 8.16. The Morgan fingerprint density at radius 2 is 1.71 bits per heavy atom. The van der Waals surface area contributed by atoms with Crippen LogP contribution in [-0.4, -0.2) is 43.1 Å². The van der Waals surface area contributed by atoms with E-state index in [9.17, 15) is 9.59 Å². The highest BCUT2D eigenvalue weighted by Gasteiger charge is 2.32. The molecule has 1 aromatic rings. The lowest BCUT2D eigenvalue weighted by molar-refractivity contribution is -0.154. The van der Waals surface area contributed by atoms with Crippen LogP contribution in [0.2, 0.25) is 0 Å². The van der Waals surface area contributed by atoms with Crippen molar-refractivity contribution in [2.45, 2.75) is 58.3 Å². The first-order chi connectivity index (χ1) is 13.0. The summed E-state index contributed by atoms with van der Waals surface area (Å²) in [6.45, 7) is 8.14. The number of nitrogens with zero attached hydrogens (tertiary/aromatic N) is 1. The fourth-order valence-corrected chi connectivity index (χ4v) is 3.81. The summed E-state index contributed by atoms with van der Waals surface area (Å²) in [5.41, 5.74) is 2.11. The number of halogens is 1. The van der Waals surface area contributed by atoms with Crippen molar-refractivity contribution in [3.8, 4) is 5.75 Å². The molecule has 1 atom stereocenters. The molecule has 0 N–H and O–H groups in total. The van der Waals surface area contributed by atoms with Crippen molar-refractivity contribution in [3.63, 3.8) is 0 Å². The van der Waals surface area contributed by atoms with Gasteiger partial charge in [0.15, 0.2) is 6.61 Å². The molecule has 156 valence electrons. The van der Waals surface area contributed by atoms with E-state index in [1.165, 1.54) is 12.8 Å². The lowest BCUT2D eigenvalue weighted by Gasteiger charge is -2.20. The van der Waals surface area contributed by atoms with E-state index >= 15 is 0 Å². The Hall–Kier alpha value is -1.59. The van der Waals surface area contributed by atoms with Crippen LogP contribution in [-0.2, 0) is 14.3 Å². The second kappa shape index (κ2) is 10.3. The molecule has 1 aliphatic carbocycles. The molecule has 0 radical (unpaired) electrons. The standard InChI is InChI=1S/C22H31NO4.ClH/c1-15(2)18-7-6-8-19(16(3)17-9-10-17)22(18)27-21(25)14-26-20(24)13-23-11-4-5-12-23;/h6-8,15-17H,4-5,9-14H2,1-3H3;1H/t16-;/m1./s1. The molecule has 3 rings (SSSR count). The predicted molar refractivity (Wildman–Crippen MR) is 111 cm³/mol. The first-order valence-corrected chi connectivity index (χ1v) is 10.2. The third-order valence-corrected chi connectivity index (χ3v) is 5.64. The van der Waals surface area contributed by atoms with Crippen molar-refractivity contribution in [1.82, 2.24) is 4.90 Å². The normalized spacial score (nSPS) is 17.9. The van der Waals surface area contributed by atoms with Crippen LogP contribution in [0.25, 0.3) is 0 Å². The molecule has 1 heterocycles. The number of ether oxygens (including phenoxy) is 2. The molecular weight excluding hydrogens is 378 g/mol. The largest absolute Gasteiger partial charge is 0.453 e. The van der Waals surface area contributed by atoms with Gasteiger partial charge in [-0.3, -0.25) is 9.69 Å². The zero-order chi connectivity index (χ0) is 19.4. The predicted octanol–water partition coefficient (Wildman–Crippen LogP) is 4.29. The Morgan fingerprint density at radius 3 is 2.32 bits per heavy atom. The third kappa shape index (κ3) is 5.95. The van der Waals surface area contributed by atoms with Crippen LogP contribution < -0.4 is 4.74 Å². The Kier molecular flexibility index (Phi) is 8.32. The molecule has 0 bridgehead atoms. The molecule has 0 unspecified atom stereocenters. The van der Waals surface area contributed by atoms with Gasteiger partial charge in [-0.25, -0.2) is 4.79 Å². The molecule has 1 aliphatic heterocycles. The number of hydrogen-bond acceptors (Lipinski definition) is 5. The van der Waals surface area contributed by atoms with Crippen molar-refractivity contribution in [3.05, 3.63) is 29.3 Å². The van der Waals surface area contributed by atoms with E-state index < -0.39 is 5.97 Å². The summed E-state index contributed by atoms with van der Waals surface area (Å²) >= 11 is 0. The van der Waals surface area contributed by atoms with E-state index in [1.807, 2.05) is 12.1 Å². The lowest BCUT2D eigenvalue weighted by atomic mass is 9.90. The zero-order valence-electron chi connectivity index (χ0n) is 17.1. The first kappa shape index (κ1) is 22.7. The molecule has 2 fully saturated rings. The Bertz CT molecular complexity index is 681. The minimum atomic E-state index is -0.512. The van der Waals surface area contributed by atoms with Crippen LogP contribution in [0.3, 0.4) is 0 Å². The fourth-order valence-electron chi connectivity index (χ4n) is 3.81. The lowest BCUT2D eigenvalue weighted by Crippen LogP contribution is -2.30. The average molecular weight is 410 g/mol. The molecule has 0 aromatic heterocycles. The molecule has 5 nitrogen and oxygen atoms in total. The Balaban J connectivity index is 0.00000280. The van der Waals surface area contributed by atoms with Crippen LogP contribution >= 0.6 is 12.4 Å². The van der Waals surface area contributed by atoms with Crippen molar-refractivity contribution in [2.75, 3.05) is 26.2 Å². The summed E-state index contributed by atoms with van der Waals surface area (Å²) in [5, 5.41) is 0. The van der Waals surface area contributed by atoms with Gasteiger partial charge in [-0.1, -0.05) is 39.0 Å². The van der Waals surface area contributed by atoms with E-state index in [0.29, 0.717) is 17.6 Å². The summed E-state index contributed by atoms with van der Waals surface area (Å²) in [5.74, 6) is 1.07. The van der Waals surface area contributed by atoms with Gasteiger partial charge in [0.1, 0.15) is 5.75 Å². The summed E-state index contributed by atoms with van der Waals surface area (Å²) in [4.78, 5) is 26.4. The number of carbonyl (C=O) groups excluding carboxylic acids is 2. The van der Waals surface area contributed by atoms with E-state index in [1.54, 1.807) is 0 Å². The molecule has 0 amide bonds. The van der Waals surface area contributed by atoms with Crippen molar-refractivity contribution in [1.29, 1.82) is 0 Å². The Morgan fingerprint density at radius 1 is 1.07 bits per heavy atom. The van der Waals surface area contributed by atoms with Gasteiger partial charge in [-0.2, -0.15) is 0 Å². The maximum absolute atomic E-state index is 12.4. The SMILES string of the molecule is CC(C)c1cccc([C@H](C)C2CC2)c1OC(=O)COC(=O)CN1CCCC1.Cl. The van der Waals surface area contributed by atoms with Gasteiger partial charge < -0.3 is 9.47 Å². The fraction of sp³-hybridized carbons (Fsp3) is 0.636. The number of hydrogen-bond donors (Lipinski definition) is 0. The van der Waals surface area contributed by atoms with Crippen molar-refractivity contribution >= 4 is 24.3 Å². The topological polar surface area (TPSA) is 55.8 Å². The van der Waals surface area contributed by atoms with Gasteiger partial charge >= 0.3 is 11.9 Å². The number of likely N-dealkylation sites (tertiary alicyclic amines) is 1. The van der Waals surface area contributed by atoms with Crippen LogP contribution in [0.1, 0.15) is 69.4 Å². The van der Waals surface area contributed by atoms with E-state index in [0.717, 1.165) is 37.1 Å². The molecule has 1 aromatic carbocycles. The number of para-hydroxylation sites is 1. The maximum atomic E-state index is 12.4. The second-order valence-electron chi connectivity index (χ2n) is 8.16. The minimum Gasteiger partial charge on any atom is -0.453 e. The first-order valence-electron chi connectivity index (χ1n) is 10.2. The van der Waals surface area contributed by atoms with E-state index in [2.05, 4.69) is 31.7 Å². The average Bonchev–Trinajstić information content (AvgIpc) is 3.37. The van der Waals surface area contributed by atoms with Crippen LogP contribution in [0, 0.1) is 5.92 Å². The number of rotatable bonds is 8. The summed E-state index contributed by atoms with van der Waals surface area (Å²) < 4.78 is 10.9. The Labute approximate surface area is 174 Å². The van der Waals surface area contributed by atoms with Crippen LogP contribution in [0.5, 0.6) is 5.75 Å². The van der Waals surface area contributed by atoms with E-state index in [-0.39, 0.29) is 37.4 Å². The van der Waals surface area contributed by atoms with Gasteiger partial charge in [0.25, 0.3) is 0 Å². The number of carbonyl (C=O) groups is 2. The highest BCUT2D eigenvalue weighted by Crippen LogP contribution is 2.46. The van der Waals surface area contributed by atoms with Crippen LogP contribution in [0.4, 0.5) is 0 Å². The molecule has 28 heavy (non-hydrogen) atoms. The molecule has 1 saturated heterocycles. The smallest absolute Gasteiger partial charge is 0.349 e. The van der Waals surface area contributed by atoms with Gasteiger partial charge in [0.2, 0.25) is 0 Å². The molecule has 6 heteroatoms. The molecule has 0 spiro atoms. The number of esters is 2. The monoisotopic (exact) mass is 409 g/mol. The number of benzene rings is 1. The third-order valence-electron chi connectivity index (χ3n) is 5.64.